The van der Waals surface area contributed by atoms with Crippen LogP contribution in [0.4, 0.5) is 0 Å². The molecule has 1 aromatic carbocycles. The first-order valence-electron chi connectivity index (χ1n) is 8.50. The Morgan fingerprint density at radius 2 is 1.91 bits per heavy atom. The van der Waals surface area contributed by atoms with E-state index in [0.717, 1.165) is 11.9 Å². The molecule has 122 valence electrons. The minimum absolute atomic E-state index is 0.0265. The zero-order valence-corrected chi connectivity index (χ0v) is 13.9. The van der Waals surface area contributed by atoms with Crippen molar-refractivity contribution in [3.8, 4) is 0 Å². The number of hydrogen-bond acceptors (Lipinski definition) is 2. The average molecular weight is 312 g/mol. The van der Waals surface area contributed by atoms with Gasteiger partial charge in [-0.15, -0.1) is 0 Å². The van der Waals surface area contributed by atoms with E-state index in [1.807, 2.05) is 37.1 Å². The topological polar surface area (TPSA) is 53.2 Å². The fraction of sp³-hybridized carbons (Fsp3) is 0.474. The van der Waals surface area contributed by atoms with Crippen molar-refractivity contribution >= 4 is 22.6 Å². The normalized spacial score (nSPS) is 17.9. The summed E-state index contributed by atoms with van der Waals surface area (Å²) in [6, 6.07) is 8.21. The van der Waals surface area contributed by atoms with Crippen molar-refractivity contribution in [2.24, 2.45) is 5.41 Å². The number of aromatic nitrogens is 1. The van der Waals surface area contributed by atoms with E-state index in [-0.39, 0.29) is 11.7 Å². The van der Waals surface area contributed by atoms with Crippen LogP contribution in [-0.2, 0) is 16.0 Å². The van der Waals surface area contributed by atoms with Gasteiger partial charge in [-0.1, -0.05) is 32.0 Å². The highest BCUT2D eigenvalue weighted by atomic mass is 16.2. The molecule has 0 saturated carbocycles. The Morgan fingerprint density at radius 3 is 2.65 bits per heavy atom. The van der Waals surface area contributed by atoms with Crippen molar-refractivity contribution in [3.63, 3.8) is 0 Å². The van der Waals surface area contributed by atoms with Crippen molar-refractivity contribution in [1.29, 1.82) is 0 Å². The van der Waals surface area contributed by atoms with E-state index >= 15 is 0 Å². The summed E-state index contributed by atoms with van der Waals surface area (Å²) in [6.45, 7) is 5.13. The van der Waals surface area contributed by atoms with Crippen LogP contribution in [0, 0.1) is 5.41 Å². The van der Waals surface area contributed by atoms with Crippen LogP contribution in [0.3, 0.4) is 0 Å². The van der Waals surface area contributed by atoms with Gasteiger partial charge >= 0.3 is 0 Å². The highest BCUT2D eigenvalue weighted by Crippen LogP contribution is 2.35. The molecule has 0 aliphatic carbocycles. The van der Waals surface area contributed by atoms with Gasteiger partial charge in [-0.3, -0.25) is 9.59 Å². The molecule has 3 rings (SSSR count). The number of likely N-dealkylation sites (tertiary alicyclic amines) is 1. The molecule has 1 aliphatic rings. The maximum absolute atomic E-state index is 12.8. The molecule has 23 heavy (non-hydrogen) atoms. The van der Waals surface area contributed by atoms with Crippen LogP contribution in [0.5, 0.6) is 0 Å². The van der Waals surface area contributed by atoms with Gasteiger partial charge in [-0.2, -0.15) is 0 Å². The number of aromatic amines is 1. The second-order valence-corrected chi connectivity index (χ2v) is 6.36. The predicted molar refractivity (Wildman–Crippen MR) is 91.2 cm³/mol. The molecule has 0 bridgehead atoms. The lowest BCUT2D eigenvalue weighted by Gasteiger charge is -2.39. The number of benzene rings is 1. The average Bonchev–Trinajstić information content (AvgIpc) is 2.99. The number of fused-ring (bicyclic) bond motifs is 1. The lowest BCUT2D eigenvalue weighted by molar-refractivity contribution is -0.155. The zero-order valence-electron chi connectivity index (χ0n) is 13.9. The van der Waals surface area contributed by atoms with Gasteiger partial charge in [0.05, 0.1) is 0 Å². The zero-order chi connectivity index (χ0) is 16.4. The number of para-hydroxylation sites is 1. The third-order valence-electron chi connectivity index (χ3n) is 5.37. The quantitative estimate of drug-likeness (QED) is 0.861. The minimum atomic E-state index is -0.779. The van der Waals surface area contributed by atoms with Crippen molar-refractivity contribution in [2.75, 3.05) is 13.1 Å². The molecular formula is C19H24N2O2. The number of rotatable bonds is 5. The number of ketones is 1. The standard InChI is InChI=1S/C19H24N2O2/c1-3-19(4-2)17(22)10-12-21(18(19)23)11-9-14-13-20-16-8-6-5-7-15(14)16/h5-8,13,20H,3-4,9-12H2,1-2H3. The summed E-state index contributed by atoms with van der Waals surface area (Å²) >= 11 is 0. The molecule has 0 unspecified atom stereocenters. The van der Waals surface area contributed by atoms with Gasteiger partial charge in [-0.05, 0) is 30.9 Å². The molecule has 1 aliphatic heterocycles. The van der Waals surface area contributed by atoms with E-state index in [1.165, 1.54) is 10.9 Å². The highest BCUT2D eigenvalue weighted by molar-refractivity contribution is 6.07. The van der Waals surface area contributed by atoms with Crippen molar-refractivity contribution in [3.05, 3.63) is 36.0 Å². The molecule has 1 N–H and O–H groups in total. The fourth-order valence-electron chi connectivity index (χ4n) is 3.75. The van der Waals surface area contributed by atoms with Crippen molar-refractivity contribution < 1.29 is 9.59 Å². The van der Waals surface area contributed by atoms with Crippen LogP contribution < -0.4 is 0 Å². The van der Waals surface area contributed by atoms with E-state index in [4.69, 9.17) is 0 Å². The van der Waals surface area contributed by atoms with Crippen LogP contribution in [0.25, 0.3) is 10.9 Å². The molecule has 2 aromatic rings. The van der Waals surface area contributed by atoms with Gasteiger partial charge in [-0.25, -0.2) is 0 Å². The number of carbonyl (C=O) groups excluding carboxylic acids is 2. The molecule has 4 nitrogen and oxygen atoms in total. The molecule has 4 heteroatoms. The number of hydrogen-bond donors (Lipinski definition) is 1. The van der Waals surface area contributed by atoms with Gasteiger partial charge in [0.2, 0.25) is 5.91 Å². The lowest BCUT2D eigenvalue weighted by atomic mass is 9.73. The van der Waals surface area contributed by atoms with Crippen LogP contribution >= 0.6 is 0 Å². The Kier molecular flexibility index (Phi) is 4.24. The highest BCUT2D eigenvalue weighted by Gasteiger charge is 2.47. The number of carbonyl (C=O) groups is 2. The van der Waals surface area contributed by atoms with Gasteiger partial charge < -0.3 is 9.88 Å². The minimum Gasteiger partial charge on any atom is -0.361 e. The Morgan fingerprint density at radius 1 is 1.17 bits per heavy atom. The van der Waals surface area contributed by atoms with E-state index in [0.29, 0.717) is 32.4 Å². The Labute approximate surface area is 136 Å². The number of piperidine rings is 1. The number of amides is 1. The second kappa shape index (κ2) is 6.19. The first-order valence-corrected chi connectivity index (χ1v) is 8.50. The summed E-state index contributed by atoms with van der Waals surface area (Å²) in [5.74, 6) is 0.148. The summed E-state index contributed by atoms with van der Waals surface area (Å²) in [6.07, 6.45) is 4.53. The molecule has 1 amide bonds. The van der Waals surface area contributed by atoms with Crippen molar-refractivity contribution in [2.45, 2.75) is 39.5 Å². The van der Waals surface area contributed by atoms with E-state index in [1.54, 1.807) is 0 Å². The molecule has 0 radical (unpaired) electrons. The van der Waals surface area contributed by atoms with Crippen LogP contribution in [-0.4, -0.2) is 34.7 Å². The molecule has 0 spiro atoms. The monoisotopic (exact) mass is 312 g/mol. The molecule has 2 heterocycles. The maximum atomic E-state index is 12.8. The van der Waals surface area contributed by atoms with Gasteiger partial charge in [0.15, 0.2) is 0 Å². The van der Waals surface area contributed by atoms with E-state index in [2.05, 4.69) is 17.1 Å². The summed E-state index contributed by atoms with van der Waals surface area (Å²) in [4.78, 5) is 30.3. The summed E-state index contributed by atoms with van der Waals surface area (Å²) < 4.78 is 0. The lowest BCUT2D eigenvalue weighted by Crippen LogP contribution is -2.54. The van der Waals surface area contributed by atoms with E-state index in [9.17, 15) is 9.59 Å². The second-order valence-electron chi connectivity index (χ2n) is 6.36. The van der Waals surface area contributed by atoms with Crippen molar-refractivity contribution in [1.82, 2.24) is 9.88 Å². The van der Waals surface area contributed by atoms with Gasteiger partial charge in [0.1, 0.15) is 11.2 Å². The first kappa shape index (κ1) is 15.8. The van der Waals surface area contributed by atoms with Crippen LogP contribution in [0.2, 0.25) is 0 Å². The first-order chi connectivity index (χ1) is 11.1. The number of nitrogens with zero attached hydrogens (tertiary/aromatic N) is 1. The van der Waals surface area contributed by atoms with Gasteiger partial charge in [0, 0.05) is 36.6 Å². The molecule has 1 saturated heterocycles. The number of nitrogens with one attached hydrogen (secondary N) is 1. The third kappa shape index (κ3) is 2.56. The summed E-state index contributed by atoms with van der Waals surface area (Å²) in [7, 11) is 0. The SMILES string of the molecule is CCC1(CC)C(=O)CCN(CCc2c[nH]c3ccccc23)C1=O. The summed E-state index contributed by atoms with van der Waals surface area (Å²) in [5, 5.41) is 1.21. The van der Waals surface area contributed by atoms with Crippen LogP contribution in [0.15, 0.2) is 30.5 Å². The predicted octanol–water partition coefficient (Wildman–Crippen LogP) is 3.32. The molecule has 1 aromatic heterocycles. The maximum Gasteiger partial charge on any atom is 0.236 e. The Hall–Kier alpha value is -2.10. The summed E-state index contributed by atoms with van der Waals surface area (Å²) in [5.41, 5.74) is 1.57. The Balaban J connectivity index is 1.75. The molecular weight excluding hydrogens is 288 g/mol. The number of H-pyrrole nitrogens is 1. The third-order valence-corrected chi connectivity index (χ3v) is 5.37. The van der Waals surface area contributed by atoms with E-state index < -0.39 is 5.41 Å². The fourth-order valence-corrected chi connectivity index (χ4v) is 3.75. The Bertz CT molecular complexity index is 728. The smallest absolute Gasteiger partial charge is 0.236 e. The van der Waals surface area contributed by atoms with Gasteiger partial charge in [0.25, 0.3) is 0 Å². The molecule has 1 fully saturated rings. The number of Topliss-reactive ketones (excluding diaryl/α,β-unsaturated/α-hetero) is 1. The molecule has 0 atom stereocenters. The van der Waals surface area contributed by atoms with Crippen LogP contribution in [0.1, 0.15) is 38.7 Å². The largest absolute Gasteiger partial charge is 0.361 e.